The Balaban J connectivity index is 1.87. The first-order valence-electron chi connectivity index (χ1n) is 8.94. The molecule has 0 aromatic heterocycles. The third kappa shape index (κ3) is 4.07. The molecule has 0 aliphatic heterocycles. The van der Waals surface area contributed by atoms with E-state index in [4.69, 9.17) is 11.6 Å². The molecule has 0 aliphatic rings. The number of hydrogen-bond donors (Lipinski definition) is 0. The van der Waals surface area contributed by atoms with Crippen LogP contribution in [0.4, 0.5) is 0 Å². The van der Waals surface area contributed by atoms with Gasteiger partial charge in [0.2, 0.25) is 0 Å². The third-order valence-corrected chi connectivity index (χ3v) is 5.28. The second-order valence-electron chi connectivity index (χ2n) is 8.71. The molecule has 0 bridgehead atoms. The fraction of sp³-hybridized carbons (Fsp3) is 0.333. The summed E-state index contributed by atoms with van der Waals surface area (Å²) in [4.78, 5) is 0. The van der Waals surface area contributed by atoms with Gasteiger partial charge in [0.05, 0.1) is 0 Å². The van der Waals surface area contributed by atoms with E-state index >= 15 is 0 Å². The molecule has 3 aromatic carbocycles. The van der Waals surface area contributed by atoms with Crippen molar-refractivity contribution in [1.29, 1.82) is 0 Å². The summed E-state index contributed by atoms with van der Waals surface area (Å²) in [5, 5.41) is 3.23. The summed E-state index contributed by atoms with van der Waals surface area (Å²) in [5.41, 5.74) is 4.41. The van der Waals surface area contributed by atoms with Crippen LogP contribution in [0.25, 0.3) is 10.8 Å². The molecule has 1 heteroatoms. The van der Waals surface area contributed by atoms with Crippen molar-refractivity contribution in [3.63, 3.8) is 0 Å². The molecule has 0 nitrogen and oxygen atoms in total. The maximum atomic E-state index is 6.10. The van der Waals surface area contributed by atoms with Gasteiger partial charge in [-0.05, 0) is 56.8 Å². The van der Waals surface area contributed by atoms with E-state index in [2.05, 4.69) is 83.1 Å². The first-order valence-corrected chi connectivity index (χ1v) is 9.32. The summed E-state index contributed by atoms with van der Waals surface area (Å²) in [6, 6.07) is 21.9. The maximum absolute atomic E-state index is 6.10. The Labute approximate surface area is 156 Å². The molecule has 0 unspecified atom stereocenters. The largest absolute Gasteiger partial charge is 0.0843 e. The molecule has 0 heterocycles. The predicted octanol–water partition coefficient (Wildman–Crippen LogP) is 7.31. The predicted molar refractivity (Wildman–Crippen MR) is 111 cm³/mol. The normalized spacial score (nSPS) is 12.6. The van der Waals surface area contributed by atoms with Crippen LogP contribution in [0.3, 0.4) is 0 Å². The zero-order valence-corrected chi connectivity index (χ0v) is 16.6. The molecule has 25 heavy (non-hydrogen) atoms. The Bertz CT molecular complexity index is 880. The maximum Gasteiger partial charge on any atom is 0.0412 e. The van der Waals surface area contributed by atoms with Crippen LogP contribution in [0.2, 0.25) is 5.02 Å². The first-order chi connectivity index (χ1) is 11.6. The summed E-state index contributed by atoms with van der Waals surface area (Å²) >= 11 is 6.10. The van der Waals surface area contributed by atoms with E-state index in [1.54, 1.807) is 0 Å². The Morgan fingerprint density at radius 3 is 1.88 bits per heavy atom. The van der Waals surface area contributed by atoms with Crippen LogP contribution < -0.4 is 0 Å². The molecular weight excluding hydrogens is 324 g/mol. The van der Waals surface area contributed by atoms with Crippen molar-refractivity contribution in [2.24, 2.45) is 0 Å². The average molecular weight is 351 g/mol. The minimum absolute atomic E-state index is 0.0804. The first kappa shape index (κ1) is 18.0. The third-order valence-electron chi connectivity index (χ3n) is 5.05. The van der Waals surface area contributed by atoms with Crippen molar-refractivity contribution in [3.05, 3.63) is 82.4 Å². The van der Waals surface area contributed by atoms with E-state index < -0.39 is 0 Å². The van der Waals surface area contributed by atoms with Crippen LogP contribution in [0.5, 0.6) is 0 Å². The van der Waals surface area contributed by atoms with E-state index in [1.165, 1.54) is 27.5 Å². The van der Waals surface area contributed by atoms with Gasteiger partial charge in [-0.2, -0.15) is 0 Å². The number of fused-ring (bicyclic) bond motifs is 1. The van der Waals surface area contributed by atoms with Crippen LogP contribution >= 0.6 is 11.6 Å². The summed E-state index contributed by atoms with van der Waals surface area (Å²) in [7, 11) is 0. The van der Waals surface area contributed by atoms with E-state index in [1.807, 2.05) is 12.1 Å². The SMILES string of the molecule is CC(C)(C)c1ccc(CC(C)(C)c2ccc3cc(Cl)ccc3c2)cc1. The Morgan fingerprint density at radius 1 is 0.680 bits per heavy atom. The highest BCUT2D eigenvalue weighted by atomic mass is 35.5. The van der Waals surface area contributed by atoms with Gasteiger partial charge in [0.1, 0.15) is 0 Å². The van der Waals surface area contributed by atoms with Gasteiger partial charge in [-0.3, -0.25) is 0 Å². The van der Waals surface area contributed by atoms with Crippen molar-refractivity contribution >= 4 is 22.4 Å². The molecule has 130 valence electrons. The van der Waals surface area contributed by atoms with E-state index in [0.717, 1.165) is 11.4 Å². The Morgan fingerprint density at radius 2 is 1.24 bits per heavy atom. The van der Waals surface area contributed by atoms with Crippen LogP contribution in [-0.4, -0.2) is 0 Å². The second-order valence-corrected chi connectivity index (χ2v) is 9.15. The molecule has 0 aliphatic carbocycles. The summed E-state index contributed by atoms with van der Waals surface area (Å²) in [6.07, 6.45) is 1.02. The highest BCUT2D eigenvalue weighted by Crippen LogP contribution is 2.32. The van der Waals surface area contributed by atoms with Crippen LogP contribution in [0.15, 0.2) is 60.7 Å². The molecule has 0 atom stereocenters. The zero-order chi connectivity index (χ0) is 18.2. The Hall–Kier alpha value is -1.79. The standard InChI is InChI=1S/C24H27Cl/c1-23(2,3)20-10-6-17(7-11-20)16-24(4,5)21-12-8-19-15-22(25)13-9-18(19)14-21/h6-15H,16H2,1-5H3. The van der Waals surface area contributed by atoms with Gasteiger partial charge in [-0.1, -0.05) is 94.8 Å². The molecule has 0 amide bonds. The molecule has 0 saturated carbocycles. The van der Waals surface area contributed by atoms with E-state index in [9.17, 15) is 0 Å². The van der Waals surface area contributed by atoms with Gasteiger partial charge >= 0.3 is 0 Å². The highest BCUT2D eigenvalue weighted by Gasteiger charge is 2.22. The number of rotatable bonds is 3. The van der Waals surface area contributed by atoms with Crippen molar-refractivity contribution in [1.82, 2.24) is 0 Å². The fourth-order valence-corrected chi connectivity index (χ4v) is 3.55. The van der Waals surface area contributed by atoms with Crippen LogP contribution in [-0.2, 0) is 17.3 Å². The Kier molecular flexibility index (Phi) is 4.68. The molecule has 0 fully saturated rings. The van der Waals surface area contributed by atoms with Crippen molar-refractivity contribution < 1.29 is 0 Å². The smallest absolute Gasteiger partial charge is 0.0412 e. The van der Waals surface area contributed by atoms with Crippen LogP contribution in [0.1, 0.15) is 51.3 Å². The summed E-state index contributed by atoms with van der Waals surface area (Å²) in [6.45, 7) is 11.4. The lowest BCUT2D eigenvalue weighted by molar-refractivity contribution is 0.522. The van der Waals surface area contributed by atoms with Gasteiger partial charge in [0, 0.05) is 5.02 Å². The van der Waals surface area contributed by atoms with Gasteiger partial charge < -0.3 is 0 Å². The van der Waals surface area contributed by atoms with E-state index in [-0.39, 0.29) is 10.8 Å². The van der Waals surface area contributed by atoms with Gasteiger partial charge in [0.25, 0.3) is 0 Å². The summed E-state index contributed by atoms with van der Waals surface area (Å²) in [5.74, 6) is 0. The zero-order valence-electron chi connectivity index (χ0n) is 15.9. The van der Waals surface area contributed by atoms with Gasteiger partial charge in [0.15, 0.2) is 0 Å². The lowest BCUT2D eigenvalue weighted by Crippen LogP contribution is -2.20. The molecule has 3 aromatic rings. The molecule has 0 spiro atoms. The van der Waals surface area contributed by atoms with Crippen molar-refractivity contribution in [2.45, 2.75) is 51.9 Å². The minimum Gasteiger partial charge on any atom is -0.0843 e. The number of hydrogen-bond acceptors (Lipinski definition) is 0. The average Bonchev–Trinajstić information content (AvgIpc) is 2.53. The van der Waals surface area contributed by atoms with Crippen molar-refractivity contribution in [2.75, 3.05) is 0 Å². The highest BCUT2D eigenvalue weighted by molar-refractivity contribution is 6.31. The molecular formula is C24H27Cl. The van der Waals surface area contributed by atoms with Crippen LogP contribution in [0, 0.1) is 0 Å². The molecule has 3 rings (SSSR count). The molecule has 0 saturated heterocycles. The fourth-order valence-electron chi connectivity index (χ4n) is 3.37. The quantitative estimate of drug-likeness (QED) is 0.464. The number of halogens is 1. The lowest BCUT2D eigenvalue weighted by Gasteiger charge is -2.27. The molecule has 0 radical (unpaired) electrons. The second kappa shape index (κ2) is 6.50. The van der Waals surface area contributed by atoms with Gasteiger partial charge in [-0.25, -0.2) is 0 Å². The molecule has 0 N–H and O–H groups in total. The number of benzene rings is 3. The topological polar surface area (TPSA) is 0 Å². The minimum atomic E-state index is 0.0804. The van der Waals surface area contributed by atoms with E-state index in [0.29, 0.717) is 0 Å². The van der Waals surface area contributed by atoms with Gasteiger partial charge in [-0.15, -0.1) is 0 Å². The summed E-state index contributed by atoms with van der Waals surface area (Å²) < 4.78 is 0. The monoisotopic (exact) mass is 350 g/mol. The lowest BCUT2D eigenvalue weighted by atomic mass is 9.78. The van der Waals surface area contributed by atoms with Crippen molar-refractivity contribution in [3.8, 4) is 0 Å².